The Hall–Kier alpha value is -1.22. The van der Waals surface area contributed by atoms with Crippen molar-refractivity contribution in [3.8, 4) is 0 Å². The SMILES string of the molecule is C=CCNS(=O)(=O)c1ccc(S(=O)(=O)NC)cc1. The van der Waals surface area contributed by atoms with Gasteiger partial charge in [0.25, 0.3) is 0 Å². The number of benzene rings is 1. The highest BCUT2D eigenvalue weighted by molar-refractivity contribution is 7.90. The van der Waals surface area contributed by atoms with Gasteiger partial charge < -0.3 is 0 Å². The van der Waals surface area contributed by atoms with Gasteiger partial charge in [-0.25, -0.2) is 26.3 Å². The average molecular weight is 290 g/mol. The Morgan fingerprint density at radius 3 is 1.89 bits per heavy atom. The quantitative estimate of drug-likeness (QED) is 0.725. The van der Waals surface area contributed by atoms with Gasteiger partial charge in [-0.1, -0.05) is 6.08 Å². The molecule has 1 rings (SSSR count). The zero-order chi connectivity index (χ0) is 13.8. The molecular weight excluding hydrogens is 276 g/mol. The topological polar surface area (TPSA) is 92.3 Å². The van der Waals surface area contributed by atoms with Crippen LogP contribution in [0.25, 0.3) is 0 Å². The van der Waals surface area contributed by atoms with E-state index >= 15 is 0 Å². The van der Waals surface area contributed by atoms with Crippen LogP contribution in [-0.2, 0) is 20.0 Å². The summed E-state index contributed by atoms with van der Waals surface area (Å²) in [6, 6.07) is 4.92. The van der Waals surface area contributed by atoms with Gasteiger partial charge in [0.1, 0.15) is 0 Å². The Bertz CT molecular complexity index is 618. The molecule has 0 amide bonds. The van der Waals surface area contributed by atoms with Gasteiger partial charge in [-0.05, 0) is 31.3 Å². The number of hydrogen-bond acceptors (Lipinski definition) is 4. The molecule has 18 heavy (non-hydrogen) atoms. The molecule has 0 aliphatic rings. The summed E-state index contributed by atoms with van der Waals surface area (Å²) in [5.41, 5.74) is 0. The zero-order valence-corrected chi connectivity index (χ0v) is 11.4. The monoisotopic (exact) mass is 290 g/mol. The molecule has 0 heterocycles. The third-order valence-electron chi connectivity index (χ3n) is 2.13. The Morgan fingerprint density at radius 2 is 1.50 bits per heavy atom. The van der Waals surface area contributed by atoms with E-state index in [1.807, 2.05) is 0 Å². The highest BCUT2D eigenvalue weighted by atomic mass is 32.2. The van der Waals surface area contributed by atoms with Crippen molar-refractivity contribution in [1.29, 1.82) is 0 Å². The first-order valence-electron chi connectivity index (χ1n) is 4.97. The second kappa shape index (κ2) is 5.61. The summed E-state index contributed by atoms with van der Waals surface area (Å²) < 4.78 is 50.7. The molecule has 0 aliphatic carbocycles. The van der Waals surface area contributed by atoms with E-state index in [0.717, 1.165) is 0 Å². The third-order valence-corrected chi connectivity index (χ3v) is 5.00. The summed E-state index contributed by atoms with van der Waals surface area (Å²) in [5, 5.41) is 0. The Morgan fingerprint density at radius 1 is 1.06 bits per heavy atom. The van der Waals surface area contributed by atoms with Gasteiger partial charge in [-0.15, -0.1) is 6.58 Å². The van der Waals surface area contributed by atoms with E-state index in [2.05, 4.69) is 16.0 Å². The van der Waals surface area contributed by atoms with Crippen LogP contribution in [0.3, 0.4) is 0 Å². The zero-order valence-electron chi connectivity index (χ0n) is 9.75. The largest absolute Gasteiger partial charge is 0.240 e. The Labute approximate surface area is 107 Å². The molecule has 1 aromatic rings. The van der Waals surface area contributed by atoms with Crippen LogP contribution in [0.1, 0.15) is 0 Å². The fourth-order valence-electron chi connectivity index (χ4n) is 1.17. The van der Waals surface area contributed by atoms with Crippen LogP contribution in [0.5, 0.6) is 0 Å². The molecule has 0 saturated heterocycles. The van der Waals surface area contributed by atoms with Gasteiger partial charge in [-0.2, -0.15) is 0 Å². The van der Waals surface area contributed by atoms with E-state index in [9.17, 15) is 16.8 Å². The van der Waals surface area contributed by atoms with Crippen molar-refractivity contribution < 1.29 is 16.8 Å². The maximum Gasteiger partial charge on any atom is 0.240 e. The van der Waals surface area contributed by atoms with Crippen molar-refractivity contribution in [3.05, 3.63) is 36.9 Å². The molecule has 0 saturated carbocycles. The third kappa shape index (κ3) is 3.39. The number of hydrogen-bond donors (Lipinski definition) is 2. The van der Waals surface area contributed by atoms with E-state index < -0.39 is 20.0 Å². The highest BCUT2D eigenvalue weighted by Crippen LogP contribution is 2.13. The van der Waals surface area contributed by atoms with Crippen LogP contribution < -0.4 is 9.44 Å². The van der Waals surface area contributed by atoms with Crippen molar-refractivity contribution >= 4 is 20.0 Å². The minimum absolute atomic E-state index is 0.000553. The van der Waals surface area contributed by atoms with E-state index in [1.165, 1.54) is 37.4 Å². The molecule has 2 N–H and O–H groups in total. The lowest BCUT2D eigenvalue weighted by Gasteiger charge is -2.06. The van der Waals surface area contributed by atoms with E-state index in [-0.39, 0.29) is 16.3 Å². The van der Waals surface area contributed by atoms with Crippen LogP contribution in [0.4, 0.5) is 0 Å². The molecule has 0 radical (unpaired) electrons. The van der Waals surface area contributed by atoms with Crippen LogP contribution in [0, 0.1) is 0 Å². The summed E-state index contributed by atoms with van der Waals surface area (Å²) in [5.74, 6) is 0. The van der Waals surface area contributed by atoms with Gasteiger partial charge >= 0.3 is 0 Å². The van der Waals surface area contributed by atoms with Crippen molar-refractivity contribution in [2.45, 2.75) is 9.79 Å². The normalized spacial score (nSPS) is 12.3. The molecule has 0 spiro atoms. The molecule has 1 aromatic carbocycles. The Kier molecular flexibility index (Phi) is 4.63. The number of sulfonamides is 2. The second-order valence-corrected chi connectivity index (χ2v) is 6.97. The van der Waals surface area contributed by atoms with Crippen molar-refractivity contribution in [2.24, 2.45) is 0 Å². The minimum Gasteiger partial charge on any atom is -0.214 e. The number of nitrogens with one attached hydrogen (secondary N) is 2. The molecule has 0 atom stereocenters. The summed E-state index contributed by atoms with van der Waals surface area (Å²) >= 11 is 0. The Balaban J connectivity index is 3.07. The van der Waals surface area contributed by atoms with Crippen LogP contribution in [0.2, 0.25) is 0 Å². The molecule has 0 aliphatic heterocycles. The minimum atomic E-state index is -3.63. The van der Waals surface area contributed by atoms with Gasteiger partial charge in [-0.3, -0.25) is 0 Å². The first kappa shape index (κ1) is 14.8. The predicted molar refractivity (Wildman–Crippen MR) is 68.1 cm³/mol. The van der Waals surface area contributed by atoms with Gasteiger partial charge in [0.15, 0.2) is 0 Å². The van der Waals surface area contributed by atoms with Gasteiger partial charge in [0, 0.05) is 6.54 Å². The van der Waals surface area contributed by atoms with Crippen LogP contribution in [-0.4, -0.2) is 30.4 Å². The first-order chi connectivity index (χ1) is 8.33. The first-order valence-corrected chi connectivity index (χ1v) is 7.94. The summed E-state index contributed by atoms with van der Waals surface area (Å²) in [7, 11) is -5.90. The van der Waals surface area contributed by atoms with Gasteiger partial charge in [0.2, 0.25) is 20.0 Å². The van der Waals surface area contributed by atoms with E-state index in [4.69, 9.17) is 0 Å². The lowest BCUT2D eigenvalue weighted by molar-refractivity contribution is 0.583. The molecule has 0 aromatic heterocycles. The lowest BCUT2D eigenvalue weighted by atomic mass is 10.4. The standard InChI is InChI=1S/C10H14N2O4S2/c1-3-8-12-18(15,16)10-6-4-9(5-7-10)17(13,14)11-2/h3-7,11-12H,1,8H2,2H3. The molecule has 0 bridgehead atoms. The summed E-state index contributed by atoms with van der Waals surface area (Å²) in [4.78, 5) is 0.00655. The molecule has 6 nitrogen and oxygen atoms in total. The van der Waals surface area contributed by atoms with Crippen molar-refractivity contribution in [3.63, 3.8) is 0 Å². The van der Waals surface area contributed by atoms with Gasteiger partial charge in [0.05, 0.1) is 9.79 Å². The average Bonchev–Trinajstić information content (AvgIpc) is 2.36. The molecule has 0 fully saturated rings. The fraction of sp³-hybridized carbons (Fsp3) is 0.200. The van der Waals surface area contributed by atoms with Crippen molar-refractivity contribution in [2.75, 3.05) is 13.6 Å². The van der Waals surface area contributed by atoms with E-state index in [1.54, 1.807) is 0 Å². The fourth-order valence-corrected chi connectivity index (χ4v) is 2.90. The molecule has 0 unspecified atom stereocenters. The van der Waals surface area contributed by atoms with E-state index in [0.29, 0.717) is 0 Å². The summed E-state index contributed by atoms with van der Waals surface area (Å²) in [6.45, 7) is 3.51. The maximum absolute atomic E-state index is 11.7. The molecule has 8 heteroatoms. The predicted octanol–water partition coefficient (Wildman–Crippen LogP) is 0.0590. The second-order valence-electron chi connectivity index (χ2n) is 3.32. The highest BCUT2D eigenvalue weighted by Gasteiger charge is 2.15. The number of rotatable bonds is 6. The molecular formula is C10H14N2O4S2. The lowest BCUT2D eigenvalue weighted by Crippen LogP contribution is -2.24. The summed E-state index contributed by atoms with van der Waals surface area (Å²) in [6.07, 6.45) is 1.41. The maximum atomic E-state index is 11.7. The molecule has 100 valence electrons. The van der Waals surface area contributed by atoms with Crippen LogP contribution in [0.15, 0.2) is 46.7 Å². The van der Waals surface area contributed by atoms with Crippen molar-refractivity contribution in [1.82, 2.24) is 9.44 Å². The smallest absolute Gasteiger partial charge is 0.214 e. The van der Waals surface area contributed by atoms with Crippen LogP contribution >= 0.6 is 0 Å².